The molecule has 0 spiro atoms. The smallest absolute Gasteiger partial charge is 0.338 e. The summed E-state index contributed by atoms with van der Waals surface area (Å²) >= 11 is 1.67. The lowest BCUT2D eigenvalue weighted by molar-refractivity contribution is 0.0528. The summed E-state index contributed by atoms with van der Waals surface area (Å²) in [6.07, 6.45) is 0. The third kappa shape index (κ3) is 2.21. The molecule has 1 heterocycles. The summed E-state index contributed by atoms with van der Waals surface area (Å²) < 4.78 is 5.16. The standard InChI is InChI=1S/C17H14O2S/c1-2-19-17(18)15-11-14(16-9-6-10-20-16)12-7-4-3-5-8-13(12)15/h3-11H,2H2,1H3. The summed E-state index contributed by atoms with van der Waals surface area (Å²) in [5.41, 5.74) is 3.76. The van der Waals surface area contributed by atoms with E-state index >= 15 is 0 Å². The zero-order valence-electron chi connectivity index (χ0n) is 11.1. The summed E-state index contributed by atoms with van der Waals surface area (Å²) in [4.78, 5) is 13.3. The molecule has 0 unspecified atom stereocenters. The van der Waals surface area contributed by atoms with Crippen molar-refractivity contribution in [3.05, 3.63) is 59.5 Å². The highest BCUT2D eigenvalue weighted by molar-refractivity contribution is 7.13. The third-order valence-electron chi connectivity index (χ3n) is 3.19. The molecule has 3 heteroatoms. The summed E-state index contributed by atoms with van der Waals surface area (Å²) in [5, 5.41) is 2.04. The molecule has 0 atom stereocenters. The van der Waals surface area contributed by atoms with E-state index in [9.17, 15) is 4.79 Å². The second-order valence-electron chi connectivity index (χ2n) is 4.41. The molecule has 2 aliphatic carbocycles. The number of hydrogen-bond acceptors (Lipinski definition) is 3. The molecule has 1 aromatic rings. The van der Waals surface area contributed by atoms with Crippen molar-refractivity contribution in [3.8, 4) is 21.6 Å². The van der Waals surface area contributed by atoms with Gasteiger partial charge in [-0.1, -0.05) is 36.4 Å². The Bertz CT molecular complexity index is 701. The van der Waals surface area contributed by atoms with Gasteiger partial charge < -0.3 is 4.74 Å². The van der Waals surface area contributed by atoms with Crippen LogP contribution < -0.4 is 0 Å². The molecular formula is C17H14O2S. The van der Waals surface area contributed by atoms with Gasteiger partial charge in [0, 0.05) is 10.4 Å². The third-order valence-corrected chi connectivity index (χ3v) is 4.09. The van der Waals surface area contributed by atoms with Gasteiger partial charge in [-0.2, -0.15) is 0 Å². The second kappa shape index (κ2) is 5.47. The van der Waals surface area contributed by atoms with Crippen molar-refractivity contribution in [1.82, 2.24) is 0 Å². The van der Waals surface area contributed by atoms with Crippen LogP contribution in [0.4, 0.5) is 0 Å². The van der Waals surface area contributed by atoms with Gasteiger partial charge in [-0.05, 0) is 35.6 Å². The number of rotatable bonds is 3. The Morgan fingerprint density at radius 2 is 1.85 bits per heavy atom. The van der Waals surface area contributed by atoms with E-state index in [0.29, 0.717) is 12.2 Å². The number of hydrogen-bond donors (Lipinski definition) is 0. The largest absolute Gasteiger partial charge is 0.462 e. The van der Waals surface area contributed by atoms with Gasteiger partial charge in [0.25, 0.3) is 0 Å². The summed E-state index contributed by atoms with van der Waals surface area (Å²) in [5.74, 6) is -0.258. The van der Waals surface area contributed by atoms with E-state index in [2.05, 4.69) is 6.07 Å². The van der Waals surface area contributed by atoms with Crippen LogP contribution in [0.15, 0.2) is 53.9 Å². The van der Waals surface area contributed by atoms with Crippen LogP contribution in [0.3, 0.4) is 0 Å². The molecule has 0 N–H and O–H groups in total. The molecule has 100 valence electrons. The average molecular weight is 282 g/mol. The summed E-state index contributed by atoms with van der Waals surface area (Å²) in [7, 11) is 0. The molecule has 3 rings (SSSR count). The number of thiophene rings is 1. The highest BCUT2D eigenvalue weighted by atomic mass is 32.1. The zero-order chi connectivity index (χ0) is 13.9. The number of esters is 1. The Kier molecular flexibility index (Phi) is 3.52. The van der Waals surface area contributed by atoms with E-state index in [4.69, 9.17) is 4.74 Å². The Hall–Kier alpha value is -2.13. The maximum atomic E-state index is 12.1. The quantitative estimate of drug-likeness (QED) is 0.651. The monoisotopic (exact) mass is 282 g/mol. The number of carbonyl (C=O) groups excluding carboxylic acids is 1. The molecule has 20 heavy (non-hydrogen) atoms. The van der Waals surface area contributed by atoms with Crippen LogP contribution in [0.5, 0.6) is 0 Å². The Labute approximate surface area is 122 Å². The van der Waals surface area contributed by atoms with Crippen molar-refractivity contribution in [2.24, 2.45) is 0 Å². The van der Waals surface area contributed by atoms with Gasteiger partial charge in [-0.25, -0.2) is 4.79 Å². The molecule has 0 aromatic carbocycles. The lowest BCUT2D eigenvalue weighted by Crippen LogP contribution is -2.03. The maximum absolute atomic E-state index is 12.1. The SMILES string of the molecule is CCOC(=O)c1cc(-c2cccs2)c2cccccc1-2. The van der Waals surface area contributed by atoms with Gasteiger partial charge >= 0.3 is 5.97 Å². The first-order valence-electron chi connectivity index (χ1n) is 6.54. The lowest BCUT2D eigenvalue weighted by atomic mass is 10.1. The van der Waals surface area contributed by atoms with Crippen molar-refractivity contribution in [3.63, 3.8) is 0 Å². The van der Waals surface area contributed by atoms with Crippen molar-refractivity contribution >= 4 is 17.3 Å². The topological polar surface area (TPSA) is 26.3 Å². The minimum atomic E-state index is -0.258. The lowest BCUT2D eigenvalue weighted by Gasteiger charge is -2.01. The van der Waals surface area contributed by atoms with E-state index in [1.165, 1.54) is 0 Å². The van der Waals surface area contributed by atoms with Crippen LogP contribution in [0.25, 0.3) is 21.6 Å². The fraction of sp³-hybridized carbons (Fsp3) is 0.118. The first-order valence-corrected chi connectivity index (χ1v) is 7.42. The van der Waals surface area contributed by atoms with E-state index < -0.39 is 0 Å². The van der Waals surface area contributed by atoms with E-state index in [0.717, 1.165) is 21.6 Å². The highest BCUT2D eigenvalue weighted by Gasteiger charge is 2.21. The van der Waals surface area contributed by atoms with E-state index in [1.54, 1.807) is 11.3 Å². The van der Waals surface area contributed by atoms with Crippen molar-refractivity contribution in [1.29, 1.82) is 0 Å². The van der Waals surface area contributed by atoms with Gasteiger partial charge in [0.2, 0.25) is 0 Å². The predicted octanol–water partition coefficient (Wildman–Crippen LogP) is 4.70. The molecule has 0 saturated carbocycles. The highest BCUT2D eigenvalue weighted by Crippen LogP contribution is 2.40. The van der Waals surface area contributed by atoms with Crippen molar-refractivity contribution in [2.45, 2.75) is 6.92 Å². The molecule has 1 aromatic heterocycles. The van der Waals surface area contributed by atoms with Crippen LogP contribution in [-0.2, 0) is 4.74 Å². The Balaban J connectivity index is 2.20. The fourth-order valence-electron chi connectivity index (χ4n) is 2.33. The minimum Gasteiger partial charge on any atom is -0.462 e. The molecule has 0 bridgehead atoms. The first kappa shape index (κ1) is 12.9. The molecule has 0 aliphatic heterocycles. The van der Waals surface area contributed by atoms with Crippen molar-refractivity contribution in [2.75, 3.05) is 6.61 Å². The van der Waals surface area contributed by atoms with Gasteiger partial charge in [0.1, 0.15) is 0 Å². The van der Waals surface area contributed by atoms with E-state index in [-0.39, 0.29) is 5.97 Å². The van der Waals surface area contributed by atoms with Crippen LogP contribution in [0, 0.1) is 0 Å². The van der Waals surface area contributed by atoms with Gasteiger partial charge in [-0.15, -0.1) is 11.3 Å². The van der Waals surface area contributed by atoms with Crippen LogP contribution >= 0.6 is 11.3 Å². The molecule has 2 nitrogen and oxygen atoms in total. The van der Waals surface area contributed by atoms with Crippen LogP contribution in [0.2, 0.25) is 0 Å². The molecular weight excluding hydrogens is 268 g/mol. The Morgan fingerprint density at radius 3 is 2.55 bits per heavy atom. The summed E-state index contributed by atoms with van der Waals surface area (Å²) in [6, 6.07) is 16.0. The number of ether oxygens (including phenoxy) is 1. The summed E-state index contributed by atoms with van der Waals surface area (Å²) in [6.45, 7) is 2.21. The molecule has 0 amide bonds. The fourth-order valence-corrected chi connectivity index (χ4v) is 3.09. The molecule has 0 radical (unpaired) electrons. The molecule has 0 fully saturated rings. The van der Waals surface area contributed by atoms with Gasteiger partial charge in [-0.3, -0.25) is 0 Å². The van der Waals surface area contributed by atoms with Gasteiger partial charge in [0.15, 0.2) is 0 Å². The Morgan fingerprint density at radius 1 is 1.05 bits per heavy atom. The number of fused-ring (bicyclic) bond motifs is 1. The zero-order valence-corrected chi connectivity index (χ0v) is 11.9. The van der Waals surface area contributed by atoms with E-state index in [1.807, 2.05) is 54.8 Å². The van der Waals surface area contributed by atoms with Gasteiger partial charge in [0.05, 0.1) is 12.2 Å². The maximum Gasteiger partial charge on any atom is 0.338 e. The van der Waals surface area contributed by atoms with Crippen molar-refractivity contribution < 1.29 is 9.53 Å². The molecule has 0 saturated heterocycles. The van der Waals surface area contributed by atoms with Crippen LogP contribution in [0.1, 0.15) is 17.3 Å². The first-order chi connectivity index (χ1) is 9.81. The minimum absolute atomic E-state index is 0.258. The molecule has 2 aliphatic rings. The van der Waals surface area contributed by atoms with Crippen LogP contribution in [-0.4, -0.2) is 12.6 Å². The number of carbonyl (C=O) groups is 1. The normalized spacial score (nSPS) is 10.7. The predicted molar refractivity (Wildman–Crippen MR) is 82.3 cm³/mol. The second-order valence-corrected chi connectivity index (χ2v) is 5.36. The average Bonchev–Trinajstić information content (AvgIpc) is 3.01.